The molecule has 0 fully saturated rings. The van der Waals surface area contributed by atoms with Gasteiger partial charge in [-0.05, 0) is 30.3 Å². The summed E-state index contributed by atoms with van der Waals surface area (Å²) in [5.74, 6) is -0.635. The minimum Gasteiger partial charge on any atom is -0.236 e. The highest BCUT2D eigenvalue weighted by atomic mass is 35.5. The molecule has 0 bridgehead atoms. The molecule has 0 N–H and O–H groups in total. The van der Waals surface area contributed by atoms with E-state index in [0.717, 1.165) is 0 Å². The van der Waals surface area contributed by atoms with Crippen molar-refractivity contribution in [2.45, 2.75) is 0 Å². The first-order chi connectivity index (χ1) is 10.7. The highest BCUT2D eigenvalue weighted by molar-refractivity contribution is 6.31. The Balaban J connectivity index is 2.15. The lowest BCUT2D eigenvalue weighted by Crippen LogP contribution is -1.95. The summed E-state index contributed by atoms with van der Waals surface area (Å²) < 4.78 is 14.2. The van der Waals surface area contributed by atoms with E-state index in [4.69, 9.17) is 16.9 Å². The molecule has 0 radical (unpaired) electrons. The van der Waals surface area contributed by atoms with E-state index in [0.29, 0.717) is 17.1 Å². The zero-order valence-electron chi connectivity index (χ0n) is 11.0. The number of halogens is 2. The van der Waals surface area contributed by atoms with Crippen LogP contribution < -0.4 is 0 Å². The van der Waals surface area contributed by atoms with Crippen LogP contribution in [0.3, 0.4) is 0 Å². The van der Waals surface area contributed by atoms with Gasteiger partial charge >= 0.3 is 0 Å². The minimum atomic E-state index is -0.635. The Kier molecular flexibility index (Phi) is 3.73. The van der Waals surface area contributed by atoms with E-state index in [1.54, 1.807) is 24.4 Å². The standard InChI is InChI=1S/C15H7ClFN5/c16-11-5-9(7-18)4-10(15(11)17)13-6-14(20-8-19-13)12-2-1-3-21-22-12/h1-6,8H. The lowest BCUT2D eigenvalue weighted by atomic mass is 10.1. The van der Waals surface area contributed by atoms with Crippen molar-refractivity contribution in [1.82, 2.24) is 20.2 Å². The number of benzene rings is 1. The molecule has 7 heteroatoms. The highest BCUT2D eigenvalue weighted by Crippen LogP contribution is 2.29. The molecule has 0 atom stereocenters. The number of hydrogen-bond acceptors (Lipinski definition) is 5. The number of nitriles is 1. The van der Waals surface area contributed by atoms with Crippen molar-refractivity contribution < 1.29 is 4.39 Å². The second kappa shape index (κ2) is 5.84. The van der Waals surface area contributed by atoms with Crippen LogP contribution in [0.5, 0.6) is 0 Å². The van der Waals surface area contributed by atoms with Gasteiger partial charge in [-0.15, -0.1) is 5.10 Å². The fourth-order valence-corrected chi connectivity index (χ4v) is 2.14. The molecule has 2 heterocycles. The van der Waals surface area contributed by atoms with E-state index < -0.39 is 5.82 Å². The molecular formula is C15H7ClFN5. The van der Waals surface area contributed by atoms with Crippen molar-refractivity contribution in [3.63, 3.8) is 0 Å². The lowest BCUT2D eigenvalue weighted by Gasteiger charge is -2.06. The molecule has 5 nitrogen and oxygen atoms in total. The van der Waals surface area contributed by atoms with Crippen LogP contribution in [0.15, 0.2) is 42.9 Å². The summed E-state index contributed by atoms with van der Waals surface area (Å²) in [5.41, 5.74) is 1.73. The SMILES string of the molecule is N#Cc1cc(Cl)c(F)c(-c2cc(-c3cccnn3)ncn2)c1. The van der Waals surface area contributed by atoms with Crippen LogP contribution in [-0.2, 0) is 0 Å². The van der Waals surface area contributed by atoms with Gasteiger partial charge in [0.2, 0.25) is 0 Å². The smallest absolute Gasteiger partial charge is 0.151 e. The Morgan fingerprint density at radius 1 is 1.09 bits per heavy atom. The summed E-state index contributed by atoms with van der Waals surface area (Å²) in [5, 5.41) is 16.6. The Bertz CT molecular complexity index is 877. The van der Waals surface area contributed by atoms with Crippen LogP contribution in [-0.4, -0.2) is 20.2 Å². The summed E-state index contributed by atoms with van der Waals surface area (Å²) in [6.07, 6.45) is 2.84. The van der Waals surface area contributed by atoms with Crippen LogP contribution in [0.2, 0.25) is 5.02 Å². The summed E-state index contributed by atoms with van der Waals surface area (Å²) >= 11 is 5.81. The molecule has 106 valence electrons. The number of rotatable bonds is 2. The molecule has 3 aromatic rings. The highest BCUT2D eigenvalue weighted by Gasteiger charge is 2.14. The van der Waals surface area contributed by atoms with Crippen molar-refractivity contribution in [2.75, 3.05) is 0 Å². The molecular weight excluding hydrogens is 305 g/mol. The molecule has 2 aromatic heterocycles. The average Bonchev–Trinajstić information content (AvgIpc) is 2.58. The Labute approximate surface area is 130 Å². The topological polar surface area (TPSA) is 75.3 Å². The second-order valence-corrected chi connectivity index (χ2v) is 4.74. The largest absolute Gasteiger partial charge is 0.236 e. The van der Waals surface area contributed by atoms with Crippen molar-refractivity contribution in [3.8, 4) is 28.7 Å². The van der Waals surface area contributed by atoms with Gasteiger partial charge in [0.25, 0.3) is 0 Å². The summed E-state index contributed by atoms with van der Waals surface area (Å²) in [7, 11) is 0. The number of nitrogens with zero attached hydrogens (tertiary/aromatic N) is 5. The van der Waals surface area contributed by atoms with Crippen LogP contribution in [0.1, 0.15) is 5.56 Å². The van der Waals surface area contributed by atoms with Gasteiger partial charge in [0.05, 0.1) is 28.0 Å². The van der Waals surface area contributed by atoms with E-state index in [1.807, 2.05) is 6.07 Å². The van der Waals surface area contributed by atoms with E-state index in [-0.39, 0.29) is 16.1 Å². The molecule has 0 aliphatic rings. The molecule has 0 spiro atoms. The molecule has 0 amide bonds. The predicted molar refractivity (Wildman–Crippen MR) is 78.2 cm³/mol. The van der Waals surface area contributed by atoms with Crippen LogP contribution in [0.25, 0.3) is 22.6 Å². The van der Waals surface area contributed by atoms with Gasteiger partial charge in [0, 0.05) is 11.8 Å². The third-order valence-electron chi connectivity index (χ3n) is 2.94. The molecule has 0 aliphatic carbocycles. The van der Waals surface area contributed by atoms with E-state index >= 15 is 0 Å². The van der Waals surface area contributed by atoms with Gasteiger partial charge in [-0.1, -0.05) is 11.6 Å². The predicted octanol–water partition coefficient (Wildman–Crippen LogP) is 3.26. The van der Waals surface area contributed by atoms with Crippen LogP contribution in [0, 0.1) is 17.1 Å². The van der Waals surface area contributed by atoms with E-state index in [9.17, 15) is 4.39 Å². The van der Waals surface area contributed by atoms with Gasteiger partial charge < -0.3 is 0 Å². The Morgan fingerprint density at radius 2 is 1.91 bits per heavy atom. The molecule has 0 saturated heterocycles. The minimum absolute atomic E-state index is 0.131. The van der Waals surface area contributed by atoms with Gasteiger partial charge in [0.1, 0.15) is 12.0 Å². The fraction of sp³-hybridized carbons (Fsp3) is 0. The number of hydrogen-bond donors (Lipinski definition) is 0. The molecule has 1 aromatic carbocycles. The van der Waals surface area contributed by atoms with Crippen molar-refractivity contribution in [2.24, 2.45) is 0 Å². The zero-order valence-corrected chi connectivity index (χ0v) is 11.8. The summed E-state index contributed by atoms with van der Waals surface area (Å²) in [4.78, 5) is 8.14. The lowest BCUT2D eigenvalue weighted by molar-refractivity contribution is 0.631. The van der Waals surface area contributed by atoms with Crippen molar-refractivity contribution >= 4 is 11.6 Å². The number of aromatic nitrogens is 4. The molecule has 0 unspecified atom stereocenters. The van der Waals surface area contributed by atoms with Gasteiger partial charge in [-0.25, -0.2) is 14.4 Å². The quantitative estimate of drug-likeness (QED) is 0.726. The molecule has 22 heavy (non-hydrogen) atoms. The Morgan fingerprint density at radius 3 is 2.64 bits per heavy atom. The third-order valence-corrected chi connectivity index (χ3v) is 3.21. The Hall–Kier alpha value is -2.91. The molecule has 3 rings (SSSR count). The van der Waals surface area contributed by atoms with E-state index in [2.05, 4.69) is 20.2 Å². The first-order valence-corrected chi connectivity index (χ1v) is 6.56. The normalized spacial score (nSPS) is 10.2. The molecule has 0 saturated carbocycles. The average molecular weight is 312 g/mol. The summed E-state index contributed by atoms with van der Waals surface area (Å²) in [6, 6.07) is 9.62. The molecule has 0 aliphatic heterocycles. The second-order valence-electron chi connectivity index (χ2n) is 4.33. The maximum Gasteiger partial charge on any atom is 0.151 e. The maximum atomic E-state index is 14.2. The van der Waals surface area contributed by atoms with E-state index in [1.165, 1.54) is 18.5 Å². The van der Waals surface area contributed by atoms with Crippen LogP contribution >= 0.6 is 11.6 Å². The zero-order chi connectivity index (χ0) is 15.5. The van der Waals surface area contributed by atoms with Crippen molar-refractivity contribution in [3.05, 3.63) is 59.3 Å². The maximum absolute atomic E-state index is 14.2. The van der Waals surface area contributed by atoms with Gasteiger partial charge in [0.15, 0.2) is 5.82 Å². The van der Waals surface area contributed by atoms with Crippen molar-refractivity contribution in [1.29, 1.82) is 5.26 Å². The summed E-state index contributed by atoms with van der Waals surface area (Å²) in [6.45, 7) is 0. The first kappa shape index (κ1) is 14.0. The first-order valence-electron chi connectivity index (χ1n) is 6.18. The van der Waals surface area contributed by atoms with Gasteiger partial charge in [-0.2, -0.15) is 10.4 Å². The third kappa shape index (κ3) is 2.62. The van der Waals surface area contributed by atoms with Gasteiger partial charge in [-0.3, -0.25) is 0 Å². The van der Waals surface area contributed by atoms with Crippen LogP contribution in [0.4, 0.5) is 4.39 Å². The fourth-order valence-electron chi connectivity index (χ4n) is 1.92. The monoisotopic (exact) mass is 311 g/mol.